The zero-order chi connectivity index (χ0) is 30.1. The van der Waals surface area contributed by atoms with E-state index in [1.807, 2.05) is 6.08 Å². The molecular weight excluding hydrogens is 532 g/mol. The molecule has 0 radical (unpaired) electrons. The maximum absolute atomic E-state index is 10.5. The molecule has 4 aliphatic rings. The molecule has 41 heavy (non-hydrogen) atoms. The number of aliphatic hydroxyl groups is 5. The van der Waals surface area contributed by atoms with Crippen LogP contribution in [0.5, 0.6) is 0 Å². The van der Waals surface area contributed by atoms with E-state index in [0.29, 0.717) is 11.8 Å². The minimum absolute atomic E-state index is 0.0475. The predicted molar refractivity (Wildman–Crippen MR) is 151 cm³/mol. The Kier molecular flexibility index (Phi) is 10.8. The van der Waals surface area contributed by atoms with Gasteiger partial charge in [0.1, 0.15) is 36.6 Å². The molecule has 0 bridgehead atoms. The summed E-state index contributed by atoms with van der Waals surface area (Å²) in [7, 11) is 1.47. The lowest BCUT2D eigenvalue weighted by atomic mass is 9.46. The molecule has 2 aliphatic carbocycles. The van der Waals surface area contributed by atoms with Crippen molar-refractivity contribution in [3.05, 3.63) is 23.8 Å². The predicted octanol–water partition coefficient (Wildman–Crippen LogP) is 2.06. The fourth-order valence-corrected chi connectivity index (χ4v) is 7.95. The van der Waals surface area contributed by atoms with Crippen LogP contribution in [0.2, 0.25) is 0 Å². The van der Waals surface area contributed by atoms with E-state index in [0.717, 1.165) is 38.5 Å². The summed E-state index contributed by atoms with van der Waals surface area (Å²) in [5.74, 6) is 0.727. The SMILES string of the molecule is C=C1CC[C@H]2C(C)(C)[C@@H](O[C@H]3O[C@@H](CO)[C@@H](O)[C@H]3O)CC[C@]2(C)[C@@H]1CC/C(C)=C/CO[C@H]1OC[C@@H](OC)[C@@H](O)[C@H]1O. The molecule has 10 heteroatoms. The molecule has 4 rings (SSSR count). The number of hydrogen-bond acceptors (Lipinski definition) is 10. The lowest BCUT2D eigenvalue weighted by molar-refractivity contribution is -0.270. The molecule has 0 aromatic heterocycles. The van der Waals surface area contributed by atoms with Gasteiger partial charge in [-0.15, -0.1) is 0 Å². The number of ether oxygens (including phenoxy) is 5. The van der Waals surface area contributed by atoms with Gasteiger partial charge in [0.25, 0.3) is 0 Å². The highest BCUT2D eigenvalue weighted by Gasteiger charge is 2.57. The van der Waals surface area contributed by atoms with Crippen LogP contribution in [-0.4, -0.2) is 108 Å². The Bertz CT molecular complexity index is 923. The first-order chi connectivity index (χ1) is 19.3. The molecule has 0 aromatic rings. The number of aliphatic hydroxyl groups excluding tert-OH is 5. The quantitative estimate of drug-likeness (QED) is 0.242. The molecule has 10 nitrogen and oxygen atoms in total. The van der Waals surface area contributed by atoms with Crippen LogP contribution in [0.4, 0.5) is 0 Å². The number of methoxy groups -OCH3 is 1. The van der Waals surface area contributed by atoms with Gasteiger partial charge < -0.3 is 49.2 Å². The third kappa shape index (κ3) is 6.62. The Morgan fingerprint density at radius 2 is 1.76 bits per heavy atom. The summed E-state index contributed by atoms with van der Waals surface area (Å²) in [6.07, 6.45) is -0.375. The second-order valence-corrected chi connectivity index (χ2v) is 13.4. The highest BCUT2D eigenvalue weighted by Crippen LogP contribution is 2.62. The number of fused-ring (bicyclic) bond motifs is 1. The van der Waals surface area contributed by atoms with Gasteiger partial charge >= 0.3 is 0 Å². The molecule has 2 saturated carbocycles. The van der Waals surface area contributed by atoms with E-state index in [4.69, 9.17) is 23.7 Å². The zero-order valence-corrected chi connectivity index (χ0v) is 25.3. The normalized spacial score (nSPS) is 45.1. The molecule has 0 unspecified atom stereocenters. The summed E-state index contributed by atoms with van der Waals surface area (Å²) in [5.41, 5.74) is 2.34. The van der Waals surface area contributed by atoms with Gasteiger partial charge in [0.05, 0.1) is 25.9 Å². The van der Waals surface area contributed by atoms with Crippen LogP contribution >= 0.6 is 0 Å². The van der Waals surface area contributed by atoms with Gasteiger partial charge in [-0.2, -0.15) is 0 Å². The fraction of sp³-hybridized carbons (Fsp3) is 0.871. The van der Waals surface area contributed by atoms with Crippen molar-refractivity contribution < 1.29 is 49.2 Å². The van der Waals surface area contributed by atoms with E-state index in [1.54, 1.807) is 0 Å². The van der Waals surface area contributed by atoms with Crippen LogP contribution in [0.3, 0.4) is 0 Å². The van der Waals surface area contributed by atoms with Gasteiger partial charge in [-0.05, 0) is 68.1 Å². The van der Waals surface area contributed by atoms with E-state index >= 15 is 0 Å². The van der Waals surface area contributed by atoms with Crippen molar-refractivity contribution in [3.8, 4) is 0 Å². The summed E-state index contributed by atoms with van der Waals surface area (Å²) in [6, 6.07) is 0. The molecular formula is C31H52O10. The highest BCUT2D eigenvalue weighted by molar-refractivity contribution is 5.18. The average Bonchev–Trinajstić information content (AvgIpc) is 3.20. The minimum Gasteiger partial charge on any atom is -0.394 e. The minimum atomic E-state index is -1.19. The Morgan fingerprint density at radius 1 is 1.05 bits per heavy atom. The fourth-order valence-electron chi connectivity index (χ4n) is 7.95. The van der Waals surface area contributed by atoms with E-state index in [2.05, 4.69) is 34.3 Å². The summed E-state index contributed by atoms with van der Waals surface area (Å²) in [4.78, 5) is 0. The Balaban J connectivity index is 1.34. The average molecular weight is 585 g/mol. The van der Waals surface area contributed by atoms with Gasteiger partial charge in [0.15, 0.2) is 12.6 Å². The summed E-state index contributed by atoms with van der Waals surface area (Å²) in [6.45, 7) is 13.5. The van der Waals surface area contributed by atoms with Crippen LogP contribution in [0.15, 0.2) is 23.8 Å². The number of hydrogen-bond donors (Lipinski definition) is 5. The smallest absolute Gasteiger partial charge is 0.186 e. The zero-order valence-electron chi connectivity index (χ0n) is 25.3. The molecule has 2 saturated heterocycles. The maximum Gasteiger partial charge on any atom is 0.186 e. The monoisotopic (exact) mass is 584 g/mol. The van der Waals surface area contributed by atoms with Crippen molar-refractivity contribution in [2.45, 2.75) is 122 Å². The van der Waals surface area contributed by atoms with Gasteiger partial charge in [-0.25, -0.2) is 0 Å². The molecule has 0 aromatic carbocycles. The van der Waals surface area contributed by atoms with Crippen molar-refractivity contribution in [3.63, 3.8) is 0 Å². The van der Waals surface area contributed by atoms with Crippen molar-refractivity contribution in [2.24, 2.45) is 22.7 Å². The van der Waals surface area contributed by atoms with Crippen LogP contribution in [0.1, 0.15) is 66.2 Å². The molecule has 4 fully saturated rings. The Hall–Kier alpha value is -0.920. The van der Waals surface area contributed by atoms with Gasteiger partial charge in [0, 0.05) is 7.11 Å². The number of allylic oxidation sites excluding steroid dienone is 2. The first-order valence-corrected chi connectivity index (χ1v) is 15.1. The second-order valence-electron chi connectivity index (χ2n) is 13.4. The maximum atomic E-state index is 10.5. The molecule has 0 amide bonds. The van der Waals surface area contributed by atoms with E-state index in [9.17, 15) is 25.5 Å². The van der Waals surface area contributed by atoms with Crippen LogP contribution in [0.25, 0.3) is 0 Å². The highest BCUT2D eigenvalue weighted by atomic mass is 16.7. The molecule has 236 valence electrons. The first kappa shape index (κ1) is 33.0. The summed E-state index contributed by atoms with van der Waals surface area (Å²) >= 11 is 0. The first-order valence-electron chi connectivity index (χ1n) is 15.1. The largest absolute Gasteiger partial charge is 0.394 e. The molecule has 2 heterocycles. The number of rotatable bonds is 10. The molecule has 5 N–H and O–H groups in total. The topological polar surface area (TPSA) is 147 Å². The van der Waals surface area contributed by atoms with Crippen molar-refractivity contribution >= 4 is 0 Å². The molecule has 0 spiro atoms. The van der Waals surface area contributed by atoms with Crippen LogP contribution in [0, 0.1) is 22.7 Å². The van der Waals surface area contributed by atoms with Crippen molar-refractivity contribution in [1.29, 1.82) is 0 Å². The standard InChI is InChI=1S/C31H52O10/c1-17(12-14-38-28-26(35)25(34)21(37-6)16-39-28)7-9-19-18(2)8-10-22-30(3,4)23(11-13-31(19,22)5)41-29-27(36)24(33)20(15-32)40-29/h12,19-29,32-36H,2,7-11,13-16H2,1,3-6H3/b17-12+/t19-,20+,21-,22+,23+,24-,25-,26-,27-,28+,29-,31-/m1/s1. The summed E-state index contributed by atoms with van der Waals surface area (Å²) < 4.78 is 28.3. The van der Waals surface area contributed by atoms with E-state index in [-0.39, 0.29) is 36.8 Å². The summed E-state index contributed by atoms with van der Waals surface area (Å²) in [5, 5.41) is 50.5. The lowest BCUT2D eigenvalue weighted by Gasteiger charge is -2.60. The van der Waals surface area contributed by atoms with Crippen LogP contribution in [-0.2, 0) is 23.7 Å². The third-order valence-electron chi connectivity index (χ3n) is 10.6. The third-order valence-corrected chi connectivity index (χ3v) is 10.6. The lowest BCUT2D eigenvalue weighted by Crippen LogP contribution is -2.56. The second kappa shape index (κ2) is 13.4. The van der Waals surface area contributed by atoms with Crippen molar-refractivity contribution in [1.82, 2.24) is 0 Å². The molecule has 12 atom stereocenters. The Labute approximate surface area is 244 Å². The molecule has 2 aliphatic heterocycles. The van der Waals surface area contributed by atoms with Crippen LogP contribution < -0.4 is 0 Å². The van der Waals surface area contributed by atoms with E-state index in [1.165, 1.54) is 18.3 Å². The van der Waals surface area contributed by atoms with E-state index < -0.39 is 49.2 Å². The Morgan fingerprint density at radius 3 is 2.41 bits per heavy atom. The van der Waals surface area contributed by atoms with Gasteiger partial charge in [-0.1, -0.05) is 44.6 Å². The van der Waals surface area contributed by atoms with Crippen molar-refractivity contribution in [2.75, 3.05) is 26.9 Å². The van der Waals surface area contributed by atoms with Gasteiger partial charge in [0.2, 0.25) is 0 Å². The van der Waals surface area contributed by atoms with Gasteiger partial charge in [-0.3, -0.25) is 0 Å².